The smallest absolute Gasteiger partial charge is 0.260 e. The average Bonchev–Trinajstić information content (AvgIpc) is 3.01. The Kier molecular flexibility index (Phi) is 4.59. The van der Waals surface area contributed by atoms with Gasteiger partial charge in [-0.2, -0.15) is 10.2 Å². The van der Waals surface area contributed by atoms with Crippen LogP contribution in [0.4, 0.5) is 10.2 Å². The van der Waals surface area contributed by atoms with E-state index < -0.39 is 0 Å². The van der Waals surface area contributed by atoms with E-state index in [1.165, 1.54) is 12.1 Å². The van der Waals surface area contributed by atoms with Gasteiger partial charge < -0.3 is 5.32 Å². The summed E-state index contributed by atoms with van der Waals surface area (Å²) >= 11 is 6.17. The number of nitrogens with one attached hydrogen (secondary N) is 1. The van der Waals surface area contributed by atoms with Gasteiger partial charge in [0, 0.05) is 18.9 Å². The Bertz CT molecular complexity index is 929. The molecule has 3 aromatic rings. The van der Waals surface area contributed by atoms with Crippen molar-refractivity contribution in [3.05, 3.63) is 63.8 Å². The van der Waals surface area contributed by atoms with Crippen molar-refractivity contribution in [1.82, 2.24) is 19.6 Å². The summed E-state index contributed by atoms with van der Waals surface area (Å²) < 4.78 is 16.2. The van der Waals surface area contributed by atoms with Gasteiger partial charge in [0.15, 0.2) is 5.82 Å². The van der Waals surface area contributed by atoms with Gasteiger partial charge in [0.25, 0.3) is 5.91 Å². The SMILES string of the molecule is Cc1nn(C)c(C)c1C(=O)Nc1nn(Cc2ccc(F)cc2)cc1Cl. The molecule has 0 saturated heterocycles. The van der Waals surface area contributed by atoms with E-state index in [1.807, 2.05) is 6.92 Å². The van der Waals surface area contributed by atoms with Gasteiger partial charge >= 0.3 is 0 Å². The lowest BCUT2D eigenvalue weighted by Gasteiger charge is -2.04. The highest BCUT2D eigenvalue weighted by Crippen LogP contribution is 2.22. The molecule has 1 aromatic carbocycles. The number of aryl methyl sites for hydroxylation is 2. The van der Waals surface area contributed by atoms with Crippen molar-refractivity contribution >= 4 is 23.3 Å². The summed E-state index contributed by atoms with van der Waals surface area (Å²) in [5, 5.41) is 11.6. The molecule has 0 saturated carbocycles. The molecule has 0 radical (unpaired) electrons. The Morgan fingerprint density at radius 3 is 2.52 bits per heavy atom. The van der Waals surface area contributed by atoms with Crippen LogP contribution in [0.2, 0.25) is 5.02 Å². The molecule has 2 aromatic heterocycles. The highest BCUT2D eigenvalue weighted by atomic mass is 35.5. The third kappa shape index (κ3) is 3.56. The Morgan fingerprint density at radius 1 is 1.24 bits per heavy atom. The number of carbonyl (C=O) groups excluding carboxylic acids is 1. The van der Waals surface area contributed by atoms with Crippen LogP contribution in [0.25, 0.3) is 0 Å². The van der Waals surface area contributed by atoms with Crippen LogP contribution < -0.4 is 5.32 Å². The molecule has 6 nitrogen and oxygen atoms in total. The van der Waals surface area contributed by atoms with Gasteiger partial charge in [-0.25, -0.2) is 4.39 Å². The van der Waals surface area contributed by atoms with Crippen LogP contribution in [-0.4, -0.2) is 25.5 Å². The van der Waals surface area contributed by atoms with Gasteiger partial charge in [-0.3, -0.25) is 14.2 Å². The molecule has 0 aliphatic rings. The van der Waals surface area contributed by atoms with Crippen molar-refractivity contribution in [2.75, 3.05) is 5.32 Å². The van der Waals surface area contributed by atoms with E-state index in [-0.39, 0.29) is 17.5 Å². The third-order valence-electron chi connectivity index (χ3n) is 3.94. The normalized spacial score (nSPS) is 10.9. The van der Waals surface area contributed by atoms with E-state index in [0.29, 0.717) is 22.8 Å². The molecule has 0 bridgehead atoms. The van der Waals surface area contributed by atoms with Gasteiger partial charge in [0.05, 0.1) is 17.8 Å². The summed E-state index contributed by atoms with van der Waals surface area (Å²) in [6.45, 7) is 4.02. The number of anilines is 1. The molecule has 0 spiro atoms. The number of aromatic nitrogens is 4. The average molecular weight is 362 g/mol. The molecule has 25 heavy (non-hydrogen) atoms. The van der Waals surface area contributed by atoms with Gasteiger partial charge in [-0.05, 0) is 31.5 Å². The number of halogens is 2. The van der Waals surface area contributed by atoms with Gasteiger partial charge in [-0.1, -0.05) is 23.7 Å². The van der Waals surface area contributed by atoms with Crippen LogP contribution in [0, 0.1) is 19.7 Å². The predicted octanol–water partition coefficient (Wildman–Crippen LogP) is 3.33. The largest absolute Gasteiger partial charge is 0.304 e. The quantitative estimate of drug-likeness (QED) is 0.775. The predicted molar refractivity (Wildman–Crippen MR) is 93.4 cm³/mol. The first-order chi connectivity index (χ1) is 11.8. The molecule has 0 aliphatic heterocycles. The van der Waals surface area contributed by atoms with Crippen LogP contribution >= 0.6 is 11.6 Å². The molecule has 130 valence electrons. The van der Waals surface area contributed by atoms with Gasteiger partial charge in [-0.15, -0.1) is 0 Å². The molecule has 8 heteroatoms. The molecule has 0 atom stereocenters. The van der Waals surface area contributed by atoms with Crippen LogP contribution in [0.5, 0.6) is 0 Å². The second-order valence-electron chi connectivity index (χ2n) is 5.77. The number of hydrogen-bond donors (Lipinski definition) is 1. The lowest BCUT2D eigenvalue weighted by Crippen LogP contribution is -2.15. The molecule has 0 aliphatic carbocycles. The first kappa shape index (κ1) is 17.2. The second kappa shape index (κ2) is 6.68. The Morgan fingerprint density at radius 2 is 1.92 bits per heavy atom. The first-order valence-corrected chi connectivity index (χ1v) is 8.02. The Labute approximate surface area is 149 Å². The molecule has 0 unspecified atom stereocenters. The highest BCUT2D eigenvalue weighted by Gasteiger charge is 2.19. The highest BCUT2D eigenvalue weighted by molar-refractivity contribution is 6.33. The molecule has 0 fully saturated rings. The van der Waals surface area contributed by atoms with E-state index in [4.69, 9.17) is 11.6 Å². The number of amides is 1. The molecular formula is C17H17ClFN5O. The van der Waals surface area contributed by atoms with E-state index in [9.17, 15) is 9.18 Å². The minimum absolute atomic E-state index is 0.274. The number of benzene rings is 1. The summed E-state index contributed by atoms with van der Waals surface area (Å²) in [5.74, 6) is -0.328. The minimum Gasteiger partial charge on any atom is -0.304 e. The number of rotatable bonds is 4. The van der Waals surface area contributed by atoms with Gasteiger partial charge in [0.1, 0.15) is 10.8 Å². The molecule has 1 amide bonds. The zero-order valence-electron chi connectivity index (χ0n) is 14.0. The topological polar surface area (TPSA) is 64.7 Å². The van der Waals surface area contributed by atoms with Crippen LogP contribution in [0.15, 0.2) is 30.5 Å². The zero-order valence-corrected chi connectivity index (χ0v) is 14.8. The van der Waals surface area contributed by atoms with Crippen molar-refractivity contribution in [2.45, 2.75) is 20.4 Å². The summed E-state index contributed by atoms with van der Waals surface area (Å²) in [6.07, 6.45) is 1.61. The minimum atomic E-state index is -0.308. The third-order valence-corrected chi connectivity index (χ3v) is 4.22. The van der Waals surface area contributed by atoms with Crippen molar-refractivity contribution in [1.29, 1.82) is 0 Å². The number of carbonyl (C=O) groups is 1. The van der Waals surface area contributed by atoms with E-state index >= 15 is 0 Å². The van der Waals surface area contributed by atoms with Crippen LogP contribution in [0.1, 0.15) is 27.3 Å². The maximum atomic E-state index is 13.0. The fourth-order valence-corrected chi connectivity index (χ4v) is 2.81. The standard InChI is InChI=1S/C17H17ClFN5O/c1-10-15(11(2)23(3)21-10)17(25)20-16-14(18)9-24(22-16)8-12-4-6-13(19)7-5-12/h4-7,9H,8H2,1-3H3,(H,20,22,25). The van der Waals surface area contributed by atoms with Crippen LogP contribution in [-0.2, 0) is 13.6 Å². The number of nitrogens with zero attached hydrogens (tertiary/aromatic N) is 4. The second-order valence-corrected chi connectivity index (χ2v) is 6.18. The van der Waals surface area contributed by atoms with Crippen molar-refractivity contribution < 1.29 is 9.18 Å². The van der Waals surface area contributed by atoms with E-state index in [2.05, 4.69) is 15.5 Å². The monoisotopic (exact) mass is 361 g/mol. The molecular weight excluding hydrogens is 345 g/mol. The van der Waals surface area contributed by atoms with E-state index in [0.717, 1.165) is 11.3 Å². The molecule has 2 heterocycles. The molecule has 3 rings (SSSR count). The van der Waals surface area contributed by atoms with Crippen molar-refractivity contribution in [2.24, 2.45) is 7.05 Å². The summed E-state index contributed by atoms with van der Waals surface area (Å²) in [5.41, 5.74) is 2.78. The maximum absolute atomic E-state index is 13.0. The number of hydrogen-bond acceptors (Lipinski definition) is 3. The lowest BCUT2D eigenvalue weighted by molar-refractivity contribution is 0.102. The van der Waals surface area contributed by atoms with Crippen molar-refractivity contribution in [3.8, 4) is 0 Å². The summed E-state index contributed by atoms with van der Waals surface area (Å²) in [7, 11) is 1.78. The maximum Gasteiger partial charge on any atom is 0.260 e. The fourth-order valence-electron chi connectivity index (χ4n) is 2.61. The molecule has 1 N–H and O–H groups in total. The lowest BCUT2D eigenvalue weighted by atomic mass is 10.2. The summed E-state index contributed by atoms with van der Waals surface area (Å²) in [4.78, 5) is 12.5. The first-order valence-electron chi connectivity index (χ1n) is 7.64. The Hall–Kier alpha value is -2.67. The zero-order chi connectivity index (χ0) is 18.1. The van der Waals surface area contributed by atoms with E-state index in [1.54, 1.807) is 41.7 Å². The fraction of sp³-hybridized carbons (Fsp3) is 0.235. The Balaban J connectivity index is 1.78. The van der Waals surface area contributed by atoms with Crippen LogP contribution in [0.3, 0.4) is 0 Å². The van der Waals surface area contributed by atoms with Crippen molar-refractivity contribution in [3.63, 3.8) is 0 Å². The van der Waals surface area contributed by atoms with Gasteiger partial charge in [0.2, 0.25) is 0 Å². The summed E-state index contributed by atoms with van der Waals surface area (Å²) in [6, 6.07) is 6.12.